The first kappa shape index (κ1) is 17.2. The van der Waals surface area contributed by atoms with E-state index in [1.165, 1.54) is 0 Å². The predicted molar refractivity (Wildman–Crippen MR) is 71.7 cm³/mol. The molecule has 0 bridgehead atoms. The van der Waals surface area contributed by atoms with Gasteiger partial charge in [0.05, 0.1) is 12.5 Å². The number of hydrogen-bond donors (Lipinski definition) is 1. The van der Waals surface area contributed by atoms with Crippen LogP contribution in [-0.2, 0) is 14.3 Å². The van der Waals surface area contributed by atoms with Gasteiger partial charge in [0.15, 0.2) is 0 Å². The van der Waals surface area contributed by atoms with Gasteiger partial charge in [0.1, 0.15) is 6.54 Å². The first-order valence-corrected chi connectivity index (χ1v) is 6.19. The Morgan fingerprint density at radius 3 is 2.39 bits per heavy atom. The highest BCUT2D eigenvalue weighted by Crippen LogP contribution is 2.10. The maximum absolute atomic E-state index is 12.1. The van der Waals surface area contributed by atoms with Gasteiger partial charge < -0.3 is 15.0 Å². The molecule has 0 saturated carbocycles. The van der Waals surface area contributed by atoms with Gasteiger partial charge in [-0.25, -0.2) is 0 Å². The van der Waals surface area contributed by atoms with Crippen molar-refractivity contribution in [3.63, 3.8) is 0 Å². The Bertz CT molecular complexity index is 280. The molecule has 0 aliphatic carbocycles. The molecule has 0 aromatic heterocycles. The lowest BCUT2D eigenvalue weighted by Crippen LogP contribution is -2.53. The maximum Gasteiger partial charge on any atom is 0.325 e. The molecule has 0 aromatic rings. The second kappa shape index (κ2) is 8.32. The van der Waals surface area contributed by atoms with Gasteiger partial charge in [0.25, 0.3) is 0 Å². The molecule has 1 saturated heterocycles. The molecule has 0 radical (unpaired) electrons. The molecule has 0 spiro atoms. The van der Waals surface area contributed by atoms with E-state index in [4.69, 9.17) is 4.74 Å². The smallest absolute Gasteiger partial charge is 0.325 e. The number of amides is 1. The third kappa shape index (κ3) is 5.23. The summed E-state index contributed by atoms with van der Waals surface area (Å²) in [6, 6.07) is 0. The van der Waals surface area contributed by atoms with Crippen LogP contribution in [0.5, 0.6) is 0 Å². The maximum atomic E-state index is 12.1. The largest absolute Gasteiger partial charge is 0.465 e. The summed E-state index contributed by atoms with van der Waals surface area (Å²) in [5.41, 5.74) is 0. The van der Waals surface area contributed by atoms with Crippen LogP contribution < -0.4 is 5.32 Å². The van der Waals surface area contributed by atoms with E-state index in [1.54, 1.807) is 11.8 Å². The fourth-order valence-electron chi connectivity index (χ4n) is 1.76. The Morgan fingerprint density at radius 1 is 1.39 bits per heavy atom. The molecule has 0 aromatic carbocycles. The zero-order valence-corrected chi connectivity index (χ0v) is 12.1. The second-order valence-corrected chi connectivity index (χ2v) is 4.77. The summed E-state index contributed by atoms with van der Waals surface area (Å²) in [5, 5.41) is 3.07. The fourth-order valence-corrected chi connectivity index (χ4v) is 1.76. The molecule has 1 fully saturated rings. The lowest BCUT2D eigenvalue weighted by molar-refractivity contribution is -0.151. The van der Waals surface area contributed by atoms with E-state index in [-0.39, 0.29) is 36.7 Å². The van der Waals surface area contributed by atoms with E-state index in [9.17, 15) is 9.59 Å². The number of nitrogens with zero attached hydrogens (tertiary/aromatic N) is 1. The summed E-state index contributed by atoms with van der Waals surface area (Å²) in [4.78, 5) is 25.1. The molecule has 1 aliphatic rings. The van der Waals surface area contributed by atoms with E-state index in [1.807, 2.05) is 13.8 Å². The molecular formula is C12H23ClN2O3. The summed E-state index contributed by atoms with van der Waals surface area (Å²) in [5.74, 6) is 0.115. The van der Waals surface area contributed by atoms with E-state index in [0.29, 0.717) is 19.1 Å². The quantitative estimate of drug-likeness (QED) is 0.726. The molecule has 6 heteroatoms. The Hall–Kier alpha value is -0.810. The topological polar surface area (TPSA) is 58.6 Å². The van der Waals surface area contributed by atoms with Crippen LogP contribution in [-0.4, -0.2) is 49.6 Å². The van der Waals surface area contributed by atoms with Gasteiger partial charge in [-0.05, 0) is 12.8 Å². The van der Waals surface area contributed by atoms with Crippen molar-refractivity contribution in [1.29, 1.82) is 0 Å². The van der Waals surface area contributed by atoms with Crippen LogP contribution in [0.2, 0.25) is 0 Å². The highest BCUT2D eigenvalue weighted by atomic mass is 35.5. The highest BCUT2D eigenvalue weighted by Gasteiger charge is 2.30. The van der Waals surface area contributed by atoms with Crippen molar-refractivity contribution in [3.8, 4) is 0 Å². The van der Waals surface area contributed by atoms with Crippen molar-refractivity contribution in [2.45, 2.75) is 20.8 Å². The minimum absolute atomic E-state index is 0. The van der Waals surface area contributed by atoms with Crippen molar-refractivity contribution in [3.05, 3.63) is 0 Å². The predicted octanol–water partition coefficient (Wildman–Crippen LogP) is 0.675. The normalized spacial score (nSPS) is 14.7. The molecule has 5 nitrogen and oxygen atoms in total. The summed E-state index contributed by atoms with van der Waals surface area (Å²) in [6.07, 6.45) is 0. The molecule has 0 unspecified atom stereocenters. The van der Waals surface area contributed by atoms with Crippen LogP contribution in [0.1, 0.15) is 20.8 Å². The van der Waals surface area contributed by atoms with Crippen LogP contribution in [0.4, 0.5) is 0 Å². The van der Waals surface area contributed by atoms with Crippen LogP contribution in [0.25, 0.3) is 0 Å². The van der Waals surface area contributed by atoms with Gasteiger partial charge in [0.2, 0.25) is 5.91 Å². The lowest BCUT2D eigenvalue weighted by atomic mass is 10.0. The van der Waals surface area contributed by atoms with Crippen molar-refractivity contribution < 1.29 is 14.3 Å². The van der Waals surface area contributed by atoms with Crippen molar-refractivity contribution in [2.24, 2.45) is 11.8 Å². The zero-order chi connectivity index (χ0) is 12.8. The standard InChI is InChI=1S/C12H22N2O3.ClH/c1-4-17-11(15)8-14(7-9(2)3)12(16)10-5-13-6-10;/h9-10,13H,4-8H2,1-3H3;1H. The van der Waals surface area contributed by atoms with Crippen LogP contribution in [0, 0.1) is 11.8 Å². The van der Waals surface area contributed by atoms with Crippen molar-refractivity contribution in [1.82, 2.24) is 10.2 Å². The van der Waals surface area contributed by atoms with Gasteiger partial charge >= 0.3 is 5.97 Å². The minimum Gasteiger partial charge on any atom is -0.465 e. The number of rotatable bonds is 6. The van der Waals surface area contributed by atoms with Crippen molar-refractivity contribution in [2.75, 3.05) is 32.8 Å². The van der Waals surface area contributed by atoms with E-state index < -0.39 is 0 Å². The van der Waals surface area contributed by atoms with E-state index >= 15 is 0 Å². The van der Waals surface area contributed by atoms with Crippen LogP contribution in [0.3, 0.4) is 0 Å². The van der Waals surface area contributed by atoms with E-state index in [2.05, 4.69) is 5.32 Å². The molecule has 1 heterocycles. The number of halogens is 1. The number of nitrogens with one attached hydrogen (secondary N) is 1. The molecule has 106 valence electrons. The zero-order valence-electron chi connectivity index (χ0n) is 11.3. The molecule has 1 rings (SSSR count). The molecule has 1 N–H and O–H groups in total. The lowest BCUT2D eigenvalue weighted by Gasteiger charge is -2.32. The van der Waals surface area contributed by atoms with Crippen LogP contribution in [0.15, 0.2) is 0 Å². The summed E-state index contributed by atoms with van der Waals surface area (Å²) < 4.78 is 4.89. The van der Waals surface area contributed by atoms with E-state index in [0.717, 1.165) is 13.1 Å². The van der Waals surface area contributed by atoms with Gasteiger partial charge in [-0.1, -0.05) is 13.8 Å². The fraction of sp³-hybridized carbons (Fsp3) is 0.833. The monoisotopic (exact) mass is 278 g/mol. The molecule has 0 atom stereocenters. The summed E-state index contributed by atoms with van der Waals surface area (Å²) >= 11 is 0. The van der Waals surface area contributed by atoms with Gasteiger partial charge in [0, 0.05) is 19.6 Å². The summed E-state index contributed by atoms with van der Waals surface area (Å²) in [7, 11) is 0. The number of ether oxygens (including phenoxy) is 1. The number of carbonyl (C=O) groups is 2. The first-order valence-electron chi connectivity index (χ1n) is 6.19. The molecule has 1 amide bonds. The van der Waals surface area contributed by atoms with Gasteiger partial charge in [-0.2, -0.15) is 0 Å². The number of hydrogen-bond acceptors (Lipinski definition) is 4. The van der Waals surface area contributed by atoms with Gasteiger partial charge in [-0.15, -0.1) is 12.4 Å². The molecule has 18 heavy (non-hydrogen) atoms. The third-order valence-electron chi connectivity index (χ3n) is 2.65. The Kier molecular flexibility index (Phi) is 7.95. The number of esters is 1. The Morgan fingerprint density at radius 2 is 2.00 bits per heavy atom. The van der Waals surface area contributed by atoms with Crippen molar-refractivity contribution >= 4 is 24.3 Å². The van der Waals surface area contributed by atoms with Crippen LogP contribution >= 0.6 is 12.4 Å². The Labute approximate surface area is 115 Å². The highest BCUT2D eigenvalue weighted by molar-refractivity contribution is 5.85. The molecular weight excluding hydrogens is 256 g/mol. The van der Waals surface area contributed by atoms with Gasteiger partial charge in [-0.3, -0.25) is 9.59 Å². The SMILES string of the molecule is CCOC(=O)CN(CC(C)C)C(=O)C1CNC1.Cl. The minimum atomic E-state index is -0.325. The Balaban J connectivity index is 0.00000289. The summed E-state index contributed by atoms with van der Waals surface area (Å²) in [6.45, 7) is 8.30. The second-order valence-electron chi connectivity index (χ2n) is 4.77. The first-order chi connectivity index (χ1) is 8.04. The average molecular weight is 279 g/mol. The molecule has 1 aliphatic heterocycles. The number of carbonyl (C=O) groups excluding carboxylic acids is 2. The average Bonchev–Trinajstić information content (AvgIpc) is 2.13. The third-order valence-corrected chi connectivity index (χ3v) is 2.65.